The van der Waals surface area contributed by atoms with E-state index in [0.717, 1.165) is 5.56 Å². The third-order valence-electron chi connectivity index (χ3n) is 3.85. The van der Waals surface area contributed by atoms with E-state index in [-0.39, 0.29) is 6.54 Å². The van der Waals surface area contributed by atoms with Crippen LogP contribution < -0.4 is 10.7 Å². The van der Waals surface area contributed by atoms with Crippen LogP contribution in [0.2, 0.25) is 5.15 Å². The van der Waals surface area contributed by atoms with Gasteiger partial charge in [-0.25, -0.2) is 10.1 Å². The molecule has 0 aliphatic heterocycles. The van der Waals surface area contributed by atoms with Crippen LogP contribution in [0.15, 0.2) is 58.2 Å². The fourth-order valence-electron chi connectivity index (χ4n) is 2.44. The van der Waals surface area contributed by atoms with Gasteiger partial charge in [-0.15, -0.1) is 0 Å². The van der Waals surface area contributed by atoms with Crippen molar-refractivity contribution in [2.75, 3.05) is 0 Å². The van der Waals surface area contributed by atoms with Gasteiger partial charge in [-0.1, -0.05) is 41.9 Å². The van der Waals surface area contributed by atoms with Crippen LogP contribution in [0.25, 0.3) is 0 Å². The number of aryl methyl sites for hydroxylation is 1. The SMILES string of the molecule is Cc1nn(Cc2ccccc2)c(Cl)c1/C=N\NC(=O)C(=O)NCc1ccco1. The average molecular weight is 400 g/mol. The molecule has 2 aromatic heterocycles. The van der Waals surface area contributed by atoms with E-state index in [9.17, 15) is 9.59 Å². The molecule has 0 atom stereocenters. The van der Waals surface area contributed by atoms with Gasteiger partial charge in [-0.05, 0) is 24.6 Å². The summed E-state index contributed by atoms with van der Waals surface area (Å²) in [5, 5.41) is 11.0. The Hall–Kier alpha value is -3.39. The molecule has 0 bridgehead atoms. The smallest absolute Gasteiger partial charge is 0.329 e. The molecule has 0 saturated carbocycles. The maximum absolute atomic E-state index is 11.8. The van der Waals surface area contributed by atoms with E-state index in [1.54, 1.807) is 23.7 Å². The number of furan rings is 1. The lowest BCUT2D eigenvalue weighted by atomic mass is 10.2. The first kappa shape index (κ1) is 19.4. The molecule has 144 valence electrons. The first-order valence-corrected chi connectivity index (χ1v) is 8.83. The van der Waals surface area contributed by atoms with Crippen LogP contribution in [0.5, 0.6) is 0 Å². The molecule has 0 unspecified atom stereocenters. The van der Waals surface area contributed by atoms with Gasteiger partial charge in [0.25, 0.3) is 0 Å². The minimum Gasteiger partial charge on any atom is -0.467 e. The first-order valence-electron chi connectivity index (χ1n) is 8.45. The van der Waals surface area contributed by atoms with E-state index in [1.807, 2.05) is 30.3 Å². The van der Waals surface area contributed by atoms with Gasteiger partial charge >= 0.3 is 11.8 Å². The zero-order valence-electron chi connectivity index (χ0n) is 15.1. The summed E-state index contributed by atoms with van der Waals surface area (Å²) in [5.74, 6) is -1.18. The molecule has 2 N–H and O–H groups in total. The summed E-state index contributed by atoms with van der Waals surface area (Å²) in [6, 6.07) is 13.1. The second-order valence-corrected chi connectivity index (χ2v) is 6.25. The fourth-order valence-corrected chi connectivity index (χ4v) is 2.73. The summed E-state index contributed by atoms with van der Waals surface area (Å²) in [6.45, 7) is 2.41. The molecule has 0 fully saturated rings. The number of amides is 2. The van der Waals surface area contributed by atoms with Crippen molar-refractivity contribution in [3.8, 4) is 0 Å². The molecule has 3 rings (SSSR count). The van der Waals surface area contributed by atoms with E-state index in [1.165, 1.54) is 12.5 Å². The predicted molar refractivity (Wildman–Crippen MR) is 104 cm³/mol. The number of carbonyl (C=O) groups is 2. The molecule has 0 saturated heterocycles. The summed E-state index contributed by atoms with van der Waals surface area (Å²) in [7, 11) is 0. The van der Waals surface area contributed by atoms with Crippen molar-refractivity contribution in [1.82, 2.24) is 20.5 Å². The second kappa shape index (κ2) is 9.01. The summed E-state index contributed by atoms with van der Waals surface area (Å²) in [4.78, 5) is 23.5. The maximum Gasteiger partial charge on any atom is 0.329 e. The largest absolute Gasteiger partial charge is 0.467 e. The third-order valence-corrected chi connectivity index (χ3v) is 4.25. The van der Waals surface area contributed by atoms with E-state index in [4.69, 9.17) is 16.0 Å². The van der Waals surface area contributed by atoms with Crippen LogP contribution in [-0.4, -0.2) is 27.8 Å². The highest BCUT2D eigenvalue weighted by Crippen LogP contribution is 2.19. The number of nitrogens with zero attached hydrogens (tertiary/aromatic N) is 3. The van der Waals surface area contributed by atoms with Gasteiger partial charge in [0, 0.05) is 0 Å². The minimum absolute atomic E-state index is 0.111. The lowest BCUT2D eigenvalue weighted by Crippen LogP contribution is -2.37. The minimum atomic E-state index is -0.895. The molecule has 0 aliphatic carbocycles. The summed E-state index contributed by atoms with van der Waals surface area (Å²) in [6.07, 6.45) is 2.85. The molecule has 0 spiro atoms. The van der Waals surface area contributed by atoms with Crippen LogP contribution in [0.4, 0.5) is 0 Å². The fraction of sp³-hybridized carbons (Fsp3) is 0.158. The number of aromatic nitrogens is 2. The molecular weight excluding hydrogens is 382 g/mol. The number of halogens is 1. The van der Waals surface area contributed by atoms with Crippen molar-refractivity contribution >= 4 is 29.6 Å². The van der Waals surface area contributed by atoms with Gasteiger partial charge in [0.1, 0.15) is 10.9 Å². The first-order chi connectivity index (χ1) is 13.5. The van der Waals surface area contributed by atoms with Crippen molar-refractivity contribution in [3.63, 3.8) is 0 Å². The number of nitrogens with one attached hydrogen (secondary N) is 2. The van der Waals surface area contributed by atoms with Gasteiger partial charge in [0.2, 0.25) is 0 Å². The summed E-state index contributed by atoms with van der Waals surface area (Å²) in [5.41, 5.74) is 4.44. The highest BCUT2D eigenvalue weighted by atomic mass is 35.5. The Kier molecular flexibility index (Phi) is 6.23. The number of hydrogen-bond donors (Lipinski definition) is 2. The van der Waals surface area contributed by atoms with E-state index < -0.39 is 11.8 Å². The average Bonchev–Trinajstić information content (AvgIpc) is 3.30. The topological polar surface area (TPSA) is 102 Å². The van der Waals surface area contributed by atoms with E-state index in [2.05, 4.69) is 20.9 Å². The molecular formula is C19H18ClN5O3. The molecule has 0 aliphatic rings. The van der Waals surface area contributed by atoms with E-state index >= 15 is 0 Å². The molecule has 2 amide bonds. The monoisotopic (exact) mass is 399 g/mol. The van der Waals surface area contributed by atoms with Gasteiger partial charge in [-0.3, -0.25) is 9.59 Å². The van der Waals surface area contributed by atoms with Crippen LogP contribution in [-0.2, 0) is 22.7 Å². The second-order valence-electron chi connectivity index (χ2n) is 5.89. The molecule has 2 heterocycles. The molecule has 0 radical (unpaired) electrons. The predicted octanol–water partition coefficient (Wildman–Crippen LogP) is 2.25. The third kappa shape index (κ3) is 4.86. The molecule has 28 heavy (non-hydrogen) atoms. The lowest BCUT2D eigenvalue weighted by molar-refractivity contribution is -0.139. The van der Waals surface area contributed by atoms with Gasteiger partial charge in [0.05, 0.1) is 36.8 Å². The zero-order valence-corrected chi connectivity index (χ0v) is 15.8. The van der Waals surface area contributed by atoms with Crippen molar-refractivity contribution in [1.29, 1.82) is 0 Å². The van der Waals surface area contributed by atoms with Crippen LogP contribution in [0, 0.1) is 6.92 Å². The number of benzene rings is 1. The maximum atomic E-state index is 11.8. The van der Waals surface area contributed by atoms with Gasteiger partial charge < -0.3 is 9.73 Å². The van der Waals surface area contributed by atoms with Crippen molar-refractivity contribution < 1.29 is 14.0 Å². The van der Waals surface area contributed by atoms with Crippen molar-refractivity contribution in [2.24, 2.45) is 5.10 Å². The molecule has 8 nitrogen and oxygen atoms in total. The summed E-state index contributed by atoms with van der Waals surface area (Å²) >= 11 is 6.37. The normalized spacial score (nSPS) is 10.9. The Morgan fingerprint density at radius 2 is 2.00 bits per heavy atom. The van der Waals surface area contributed by atoms with Crippen molar-refractivity contribution in [3.05, 3.63) is 76.5 Å². The van der Waals surface area contributed by atoms with Gasteiger partial charge in [0.15, 0.2) is 0 Å². The number of rotatable bonds is 6. The van der Waals surface area contributed by atoms with Crippen LogP contribution in [0.3, 0.4) is 0 Å². The quantitative estimate of drug-likeness (QED) is 0.377. The Labute approximate surface area is 166 Å². The van der Waals surface area contributed by atoms with Crippen molar-refractivity contribution in [2.45, 2.75) is 20.0 Å². The molecule has 1 aromatic carbocycles. The number of carbonyl (C=O) groups excluding carboxylic acids is 2. The van der Waals surface area contributed by atoms with E-state index in [0.29, 0.717) is 28.7 Å². The Bertz CT molecular complexity index is 981. The highest BCUT2D eigenvalue weighted by Gasteiger charge is 2.14. The van der Waals surface area contributed by atoms with Gasteiger partial charge in [-0.2, -0.15) is 10.2 Å². The molecule has 3 aromatic rings. The lowest BCUT2D eigenvalue weighted by Gasteiger charge is -2.03. The highest BCUT2D eigenvalue weighted by molar-refractivity contribution is 6.35. The van der Waals surface area contributed by atoms with Crippen LogP contribution >= 0.6 is 11.6 Å². The molecule has 9 heteroatoms. The Balaban J connectivity index is 1.57. The number of hydrogen-bond acceptors (Lipinski definition) is 5. The zero-order chi connectivity index (χ0) is 19.9. The van der Waals surface area contributed by atoms with Crippen LogP contribution in [0.1, 0.15) is 22.6 Å². The summed E-state index contributed by atoms with van der Waals surface area (Å²) < 4.78 is 6.72. The standard InChI is InChI=1S/C19H18ClN5O3/c1-13-16(17(20)25(24-13)12-14-6-3-2-4-7-14)11-22-23-19(27)18(26)21-10-15-8-5-9-28-15/h2-9,11H,10,12H2,1H3,(H,21,26)(H,23,27)/b22-11-. The Morgan fingerprint density at radius 1 is 1.21 bits per heavy atom. The number of hydrazone groups is 1. The Morgan fingerprint density at radius 3 is 2.71 bits per heavy atom.